The summed E-state index contributed by atoms with van der Waals surface area (Å²) in [6.45, 7) is -6.36. The van der Waals surface area contributed by atoms with Crippen molar-refractivity contribution in [2.24, 2.45) is 0 Å². The smallest absolute Gasteiger partial charge is 0.421 e. The van der Waals surface area contributed by atoms with E-state index in [2.05, 4.69) is 30.1 Å². The van der Waals surface area contributed by atoms with Gasteiger partial charge in [0.15, 0.2) is 0 Å². The van der Waals surface area contributed by atoms with Crippen LogP contribution in [0.2, 0.25) is 0 Å². The van der Waals surface area contributed by atoms with Crippen LogP contribution in [-0.2, 0) is 6.18 Å². The van der Waals surface area contributed by atoms with Crippen LogP contribution in [0.3, 0.4) is 0 Å². The van der Waals surface area contributed by atoms with Gasteiger partial charge < -0.3 is 20.1 Å². The van der Waals surface area contributed by atoms with E-state index in [0.29, 0.717) is 6.20 Å². The lowest BCUT2D eigenvalue weighted by atomic mass is 10.2. The molecule has 2 aromatic carbocycles. The molecule has 3 aromatic rings. The first-order chi connectivity index (χ1) is 15.1. The lowest BCUT2D eigenvalue weighted by Gasteiger charge is -2.17. The standard InChI is InChI=1S/C19H13F7N4O2/c20-16(21)31-13-7-3-1-5-11(13)28-15-10(19(24,25)26)9-27-18(30-15)29-12-6-2-4-8-14(12)32-17(22)23/h1-9,16-17H,(H2,27,28,29,30). The molecule has 2 N–H and O–H groups in total. The fourth-order valence-electron chi connectivity index (χ4n) is 2.53. The molecule has 0 fully saturated rings. The molecule has 0 aliphatic heterocycles. The Morgan fingerprint density at radius 3 is 1.75 bits per heavy atom. The second-order valence-electron chi connectivity index (χ2n) is 5.95. The number of anilines is 4. The number of nitrogens with zero attached hydrogens (tertiary/aromatic N) is 2. The van der Waals surface area contributed by atoms with Gasteiger partial charge in [0, 0.05) is 6.20 Å². The molecule has 0 spiro atoms. The highest BCUT2D eigenvalue weighted by Gasteiger charge is 2.35. The van der Waals surface area contributed by atoms with Gasteiger partial charge in [-0.25, -0.2) is 4.98 Å². The highest BCUT2D eigenvalue weighted by atomic mass is 19.4. The number of ether oxygens (including phenoxy) is 2. The molecule has 0 saturated carbocycles. The summed E-state index contributed by atoms with van der Waals surface area (Å²) in [7, 11) is 0. The molecule has 170 valence electrons. The number of hydrogen-bond donors (Lipinski definition) is 2. The van der Waals surface area contributed by atoms with Gasteiger partial charge in [-0.3, -0.25) is 0 Å². The highest BCUT2D eigenvalue weighted by Crippen LogP contribution is 2.37. The summed E-state index contributed by atoms with van der Waals surface area (Å²) >= 11 is 0. The second kappa shape index (κ2) is 9.58. The maximum Gasteiger partial charge on any atom is 0.421 e. The van der Waals surface area contributed by atoms with Gasteiger partial charge in [-0.15, -0.1) is 0 Å². The Hall–Kier alpha value is -3.77. The molecule has 0 radical (unpaired) electrons. The molecule has 0 amide bonds. The van der Waals surface area contributed by atoms with Crippen LogP contribution >= 0.6 is 0 Å². The summed E-state index contributed by atoms with van der Waals surface area (Å²) in [4.78, 5) is 7.29. The number of para-hydroxylation sites is 4. The third-order valence-corrected chi connectivity index (χ3v) is 3.80. The Balaban J connectivity index is 1.98. The van der Waals surface area contributed by atoms with Crippen LogP contribution in [0.5, 0.6) is 11.5 Å². The van der Waals surface area contributed by atoms with E-state index in [0.717, 1.165) is 6.07 Å². The van der Waals surface area contributed by atoms with Gasteiger partial charge in [-0.1, -0.05) is 24.3 Å². The molecule has 1 heterocycles. The molecular formula is C19H13F7N4O2. The molecular weight excluding hydrogens is 449 g/mol. The van der Waals surface area contributed by atoms with Crippen molar-refractivity contribution in [1.82, 2.24) is 9.97 Å². The number of benzene rings is 2. The Kier molecular flexibility index (Phi) is 6.85. The van der Waals surface area contributed by atoms with Crippen molar-refractivity contribution < 1.29 is 40.2 Å². The minimum Gasteiger partial charge on any atom is -0.433 e. The summed E-state index contributed by atoms with van der Waals surface area (Å²) in [6.07, 6.45) is -4.44. The SMILES string of the molecule is FC(F)Oc1ccccc1Nc1ncc(C(F)(F)F)c(Nc2ccccc2OC(F)F)n1. The Morgan fingerprint density at radius 1 is 0.750 bits per heavy atom. The van der Waals surface area contributed by atoms with Gasteiger partial charge in [-0.05, 0) is 24.3 Å². The predicted molar refractivity (Wildman–Crippen MR) is 99.7 cm³/mol. The first kappa shape index (κ1) is 22.9. The van der Waals surface area contributed by atoms with Crippen molar-refractivity contribution in [2.45, 2.75) is 19.4 Å². The number of hydrogen-bond acceptors (Lipinski definition) is 6. The largest absolute Gasteiger partial charge is 0.433 e. The van der Waals surface area contributed by atoms with E-state index in [4.69, 9.17) is 0 Å². The zero-order chi connectivity index (χ0) is 23.3. The molecule has 32 heavy (non-hydrogen) atoms. The van der Waals surface area contributed by atoms with Crippen molar-refractivity contribution in [3.63, 3.8) is 0 Å². The summed E-state index contributed by atoms with van der Waals surface area (Å²) in [5.41, 5.74) is -1.56. The molecule has 0 atom stereocenters. The highest BCUT2D eigenvalue weighted by molar-refractivity contribution is 5.68. The maximum atomic E-state index is 13.4. The molecule has 3 rings (SSSR count). The van der Waals surface area contributed by atoms with Crippen molar-refractivity contribution in [1.29, 1.82) is 0 Å². The van der Waals surface area contributed by atoms with E-state index in [1.54, 1.807) is 0 Å². The summed E-state index contributed by atoms with van der Waals surface area (Å²) in [5.74, 6) is -1.90. The van der Waals surface area contributed by atoms with Crippen LogP contribution in [0.4, 0.5) is 53.9 Å². The summed E-state index contributed by atoms with van der Waals surface area (Å²) in [5, 5.41) is 4.80. The zero-order valence-corrected chi connectivity index (χ0v) is 15.7. The third-order valence-electron chi connectivity index (χ3n) is 3.80. The van der Waals surface area contributed by atoms with Gasteiger partial charge in [0.2, 0.25) is 5.95 Å². The predicted octanol–water partition coefficient (Wildman–Crippen LogP) is 6.19. The Morgan fingerprint density at radius 2 is 1.25 bits per heavy atom. The molecule has 13 heteroatoms. The Bertz CT molecular complexity index is 1060. The lowest BCUT2D eigenvalue weighted by Crippen LogP contribution is -2.13. The monoisotopic (exact) mass is 462 g/mol. The van der Waals surface area contributed by atoms with E-state index in [-0.39, 0.29) is 17.1 Å². The number of aromatic nitrogens is 2. The van der Waals surface area contributed by atoms with Crippen LogP contribution < -0.4 is 20.1 Å². The molecule has 0 unspecified atom stereocenters. The van der Waals surface area contributed by atoms with Crippen LogP contribution in [0.25, 0.3) is 0 Å². The molecule has 0 saturated heterocycles. The van der Waals surface area contributed by atoms with E-state index in [1.165, 1.54) is 42.5 Å². The minimum atomic E-state index is -4.89. The Labute approximate surface area is 176 Å². The average Bonchev–Trinajstić information content (AvgIpc) is 2.69. The number of nitrogens with one attached hydrogen (secondary N) is 2. The topological polar surface area (TPSA) is 68.3 Å². The minimum absolute atomic E-state index is 0.0417. The van der Waals surface area contributed by atoms with Crippen molar-refractivity contribution >= 4 is 23.1 Å². The second-order valence-corrected chi connectivity index (χ2v) is 5.95. The number of alkyl halides is 7. The van der Waals surface area contributed by atoms with Crippen LogP contribution in [0, 0.1) is 0 Å². The van der Waals surface area contributed by atoms with Gasteiger partial charge in [0.05, 0.1) is 11.4 Å². The van der Waals surface area contributed by atoms with Crippen LogP contribution in [0.15, 0.2) is 54.7 Å². The van der Waals surface area contributed by atoms with Crippen molar-refractivity contribution in [3.8, 4) is 11.5 Å². The molecule has 0 bridgehead atoms. The summed E-state index contributed by atoms with van der Waals surface area (Å²) < 4.78 is 99.3. The fourth-order valence-corrected chi connectivity index (χ4v) is 2.53. The van der Waals surface area contributed by atoms with E-state index in [1.807, 2.05) is 0 Å². The maximum absolute atomic E-state index is 13.4. The van der Waals surface area contributed by atoms with Crippen LogP contribution in [-0.4, -0.2) is 23.2 Å². The molecule has 6 nitrogen and oxygen atoms in total. The van der Waals surface area contributed by atoms with Crippen LogP contribution in [0.1, 0.15) is 5.56 Å². The number of halogens is 7. The lowest BCUT2D eigenvalue weighted by molar-refractivity contribution is -0.137. The quantitative estimate of drug-likeness (QED) is 0.390. The molecule has 0 aliphatic rings. The fraction of sp³-hybridized carbons (Fsp3) is 0.158. The van der Waals surface area contributed by atoms with Gasteiger partial charge >= 0.3 is 19.4 Å². The van der Waals surface area contributed by atoms with E-state index < -0.39 is 42.5 Å². The third kappa shape index (κ3) is 5.89. The molecule has 1 aromatic heterocycles. The average molecular weight is 462 g/mol. The number of rotatable bonds is 8. The molecule has 0 aliphatic carbocycles. The first-order valence-corrected chi connectivity index (χ1v) is 8.69. The zero-order valence-electron chi connectivity index (χ0n) is 15.7. The van der Waals surface area contributed by atoms with Crippen molar-refractivity contribution in [3.05, 3.63) is 60.3 Å². The van der Waals surface area contributed by atoms with Gasteiger partial charge in [0.1, 0.15) is 22.9 Å². The van der Waals surface area contributed by atoms with E-state index in [9.17, 15) is 30.7 Å². The van der Waals surface area contributed by atoms with E-state index >= 15 is 0 Å². The first-order valence-electron chi connectivity index (χ1n) is 8.69. The van der Waals surface area contributed by atoms with Crippen molar-refractivity contribution in [2.75, 3.05) is 10.6 Å². The summed E-state index contributed by atoms with van der Waals surface area (Å²) in [6, 6.07) is 10.4. The van der Waals surface area contributed by atoms with Gasteiger partial charge in [0.25, 0.3) is 0 Å². The normalized spacial score (nSPS) is 11.5. The van der Waals surface area contributed by atoms with Gasteiger partial charge in [-0.2, -0.15) is 35.7 Å².